The second-order valence-electron chi connectivity index (χ2n) is 28.4. The summed E-state index contributed by atoms with van der Waals surface area (Å²) < 4.78 is 0. The normalized spacial score (nSPS) is 14.0. The molecule has 4 N–H and O–H groups in total. The monoisotopic (exact) mass is 889 g/mol. The zero-order chi connectivity index (χ0) is 50.2. The first-order valence-electron chi connectivity index (χ1n) is 24.3. The first-order chi connectivity index (χ1) is 28.9. The molecule has 0 saturated heterocycles. The molecule has 0 fully saturated rings. The summed E-state index contributed by atoms with van der Waals surface area (Å²) in [5.74, 6) is 1.48. The highest BCUT2D eigenvalue weighted by Gasteiger charge is 2.39. The van der Waals surface area contributed by atoms with Crippen molar-refractivity contribution in [3.8, 4) is 23.0 Å². The number of hydrogen-bond donors (Lipinski definition) is 4. The smallest absolute Gasteiger partial charge is 0.123 e. The standard InChI is InChI=1S/C61H92O4/c1-53(2,3)41-25-37(26-42(49(41)62)54(4,5)6)33-61(34-38-27-43(55(7,8)9)50(63)44(28-38)56(10,11)12,35-39-29-45(57(13,14)15)51(64)46(30-39)58(16,17)18)36-40-31-47(59(19,20)21)52(65)48(32-40)60(22,23)24/h25-32,62-65H,33-36H2,1-24H3. The fraction of sp³-hybridized carbons (Fsp3) is 0.607. The van der Waals surface area contributed by atoms with Crippen molar-refractivity contribution >= 4 is 0 Å². The molecule has 4 rings (SSSR count). The van der Waals surface area contributed by atoms with Crippen LogP contribution in [0, 0.1) is 5.41 Å². The van der Waals surface area contributed by atoms with Gasteiger partial charge < -0.3 is 20.4 Å². The van der Waals surface area contributed by atoms with Gasteiger partial charge in [-0.3, -0.25) is 0 Å². The molecule has 0 aromatic heterocycles. The van der Waals surface area contributed by atoms with Crippen LogP contribution in [0.25, 0.3) is 0 Å². The van der Waals surface area contributed by atoms with E-state index in [4.69, 9.17) is 0 Å². The Labute approximate surface area is 397 Å². The average molecular weight is 889 g/mol. The van der Waals surface area contributed by atoms with E-state index in [1.54, 1.807) is 0 Å². The SMILES string of the molecule is CC(C)(C)c1cc(CC(Cc2cc(C(C)(C)C)c(O)c(C(C)(C)C)c2)(Cc2cc(C(C)(C)C)c(O)c(C(C)(C)C)c2)Cc2cc(C(C)(C)C)c(O)c(C(C)(C)C)c2)cc(C(C)(C)C)c1O. The minimum Gasteiger partial charge on any atom is -0.507 e. The van der Waals surface area contributed by atoms with Gasteiger partial charge in [-0.15, -0.1) is 0 Å². The van der Waals surface area contributed by atoms with E-state index in [-0.39, 0.29) is 43.3 Å². The van der Waals surface area contributed by atoms with Gasteiger partial charge in [-0.25, -0.2) is 0 Å². The van der Waals surface area contributed by atoms with E-state index >= 15 is 0 Å². The van der Waals surface area contributed by atoms with Crippen LogP contribution in [0.15, 0.2) is 48.5 Å². The van der Waals surface area contributed by atoms with E-state index < -0.39 is 5.41 Å². The molecule has 0 atom stereocenters. The quantitative estimate of drug-likeness (QED) is 0.142. The molecule has 0 bridgehead atoms. The van der Waals surface area contributed by atoms with Crippen molar-refractivity contribution in [2.24, 2.45) is 5.41 Å². The average Bonchev–Trinajstić information content (AvgIpc) is 3.07. The van der Waals surface area contributed by atoms with E-state index in [2.05, 4.69) is 215 Å². The predicted molar refractivity (Wildman–Crippen MR) is 279 cm³/mol. The van der Waals surface area contributed by atoms with Crippen LogP contribution >= 0.6 is 0 Å². The van der Waals surface area contributed by atoms with Gasteiger partial charge in [0.1, 0.15) is 23.0 Å². The zero-order valence-corrected chi connectivity index (χ0v) is 45.7. The fourth-order valence-corrected chi connectivity index (χ4v) is 9.87. The lowest BCUT2D eigenvalue weighted by Gasteiger charge is -2.39. The van der Waals surface area contributed by atoms with Gasteiger partial charge in [-0.2, -0.15) is 0 Å². The molecule has 4 aromatic rings. The Morgan fingerprint density at radius 1 is 0.231 bits per heavy atom. The van der Waals surface area contributed by atoms with Crippen LogP contribution in [-0.2, 0) is 69.0 Å². The molecule has 65 heavy (non-hydrogen) atoms. The van der Waals surface area contributed by atoms with Crippen LogP contribution in [0.5, 0.6) is 23.0 Å². The number of benzene rings is 4. The molecule has 4 nitrogen and oxygen atoms in total. The van der Waals surface area contributed by atoms with Crippen LogP contribution in [-0.4, -0.2) is 20.4 Å². The van der Waals surface area contributed by atoms with E-state index in [1.165, 1.54) is 22.3 Å². The van der Waals surface area contributed by atoms with Crippen molar-refractivity contribution in [2.75, 3.05) is 0 Å². The minimum atomic E-state index is -0.495. The van der Waals surface area contributed by atoms with E-state index in [0.29, 0.717) is 48.7 Å². The highest BCUT2D eigenvalue weighted by Crippen LogP contribution is 2.49. The predicted octanol–water partition coefficient (Wildman–Crippen LogP) is 16.1. The molecular weight excluding hydrogens is 797 g/mol. The Bertz CT molecular complexity index is 1890. The van der Waals surface area contributed by atoms with Crippen LogP contribution in [0.3, 0.4) is 0 Å². The lowest BCUT2D eigenvalue weighted by molar-refractivity contribution is 0.273. The van der Waals surface area contributed by atoms with Crippen molar-refractivity contribution < 1.29 is 20.4 Å². The molecule has 0 amide bonds. The molecule has 0 radical (unpaired) electrons. The minimum absolute atomic E-state index is 0.316. The number of phenolic OH excluding ortho intramolecular Hbond substituents is 4. The van der Waals surface area contributed by atoms with E-state index in [9.17, 15) is 20.4 Å². The van der Waals surface area contributed by atoms with Crippen molar-refractivity contribution in [3.05, 3.63) is 115 Å². The van der Waals surface area contributed by atoms with Gasteiger partial charge >= 0.3 is 0 Å². The largest absolute Gasteiger partial charge is 0.507 e. The van der Waals surface area contributed by atoms with Crippen LogP contribution in [0.1, 0.15) is 233 Å². The summed E-state index contributed by atoms with van der Waals surface area (Å²) in [6.45, 7) is 52.4. The van der Waals surface area contributed by atoms with E-state index in [0.717, 1.165) is 44.5 Å². The lowest BCUT2D eigenvalue weighted by Crippen LogP contribution is -2.34. The molecule has 0 saturated carbocycles. The molecule has 0 aliphatic heterocycles. The molecule has 4 heteroatoms. The second-order valence-corrected chi connectivity index (χ2v) is 28.4. The van der Waals surface area contributed by atoms with Gasteiger partial charge in [0.25, 0.3) is 0 Å². The van der Waals surface area contributed by atoms with Crippen molar-refractivity contribution in [3.63, 3.8) is 0 Å². The number of phenols is 4. The Kier molecular flexibility index (Phi) is 14.3. The van der Waals surface area contributed by atoms with Crippen LogP contribution < -0.4 is 0 Å². The molecule has 360 valence electrons. The third-order valence-electron chi connectivity index (χ3n) is 13.5. The first kappa shape index (κ1) is 53.7. The van der Waals surface area contributed by atoms with Crippen molar-refractivity contribution in [2.45, 2.75) is 235 Å². The molecule has 0 unspecified atom stereocenters. The molecule has 0 aliphatic carbocycles. The summed E-state index contributed by atoms with van der Waals surface area (Å²) in [6.07, 6.45) is 2.73. The van der Waals surface area contributed by atoms with Gasteiger partial charge in [0.05, 0.1) is 0 Å². The third kappa shape index (κ3) is 12.4. The summed E-state index contributed by atoms with van der Waals surface area (Å²) >= 11 is 0. The van der Waals surface area contributed by atoms with Crippen LogP contribution in [0.4, 0.5) is 0 Å². The van der Waals surface area contributed by atoms with Gasteiger partial charge in [0.15, 0.2) is 0 Å². The summed E-state index contributed by atoms with van der Waals surface area (Å²) in [4.78, 5) is 0. The van der Waals surface area contributed by atoms with Gasteiger partial charge in [-0.05, 0) is 141 Å². The molecule has 0 spiro atoms. The number of aromatic hydroxyl groups is 4. The maximum absolute atomic E-state index is 12.0. The summed E-state index contributed by atoms with van der Waals surface area (Å²) in [6, 6.07) is 18.1. The van der Waals surface area contributed by atoms with Gasteiger partial charge in [-0.1, -0.05) is 215 Å². The highest BCUT2D eigenvalue weighted by molar-refractivity contribution is 5.55. The Hall–Kier alpha value is -3.92. The zero-order valence-electron chi connectivity index (χ0n) is 45.7. The molecule has 0 heterocycles. The number of rotatable bonds is 8. The fourth-order valence-electron chi connectivity index (χ4n) is 9.87. The third-order valence-corrected chi connectivity index (χ3v) is 13.5. The highest BCUT2D eigenvalue weighted by atomic mass is 16.3. The van der Waals surface area contributed by atoms with Crippen molar-refractivity contribution in [1.82, 2.24) is 0 Å². The second kappa shape index (κ2) is 17.3. The summed E-state index contributed by atoms with van der Waals surface area (Å²) in [5.41, 5.74) is 9.15. The first-order valence-corrected chi connectivity index (χ1v) is 24.3. The molecule has 0 aliphatic rings. The summed E-state index contributed by atoms with van der Waals surface area (Å²) in [7, 11) is 0. The Morgan fingerprint density at radius 2 is 0.338 bits per heavy atom. The van der Waals surface area contributed by atoms with Crippen molar-refractivity contribution in [1.29, 1.82) is 0 Å². The Morgan fingerprint density at radius 3 is 0.431 bits per heavy atom. The van der Waals surface area contributed by atoms with Gasteiger partial charge in [0, 0.05) is 0 Å². The lowest BCUT2D eigenvalue weighted by atomic mass is 9.65. The maximum atomic E-state index is 12.0. The Balaban J connectivity index is 2.33. The topological polar surface area (TPSA) is 80.9 Å². The van der Waals surface area contributed by atoms with Crippen LogP contribution in [0.2, 0.25) is 0 Å². The van der Waals surface area contributed by atoms with E-state index in [1.807, 2.05) is 0 Å². The molecular formula is C61H92O4. The van der Waals surface area contributed by atoms with Gasteiger partial charge in [0.2, 0.25) is 0 Å². The number of hydrogen-bond acceptors (Lipinski definition) is 4. The maximum Gasteiger partial charge on any atom is 0.123 e. The molecule has 4 aromatic carbocycles. The summed E-state index contributed by atoms with van der Waals surface area (Å²) in [5, 5.41) is 48.1.